The van der Waals surface area contributed by atoms with Gasteiger partial charge < -0.3 is 9.32 Å². The quantitative estimate of drug-likeness (QED) is 0.154. The van der Waals surface area contributed by atoms with Crippen LogP contribution in [0.1, 0.15) is 33.3 Å². The van der Waals surface area contributed by atoms with Crippen molar-refractivity contribution in [3.05, 3.63) is 94.7 Å². The van der Waals surface area contributed by atoms with Gasteiger partial charge in [0.15, 0.2) is 16.8 Å². The van der Waals surface area contributed by atoms with E-state index in [4.69, 9.17) is 14.7 Å². The fourth-order valence-electron chi connectivity index (χ4n) is 4.16. The van der Waals surface area contributed by atoms with Gasteiger partial charge >= 0.3 is 0 Å². The monoisotopic (exact) mass is 475 g/mol. The van der Waals surface area contributed by atoms with Gasteiger partial charge in [-0.3, -0.25) is 4.79 Å². The van der Waals surface area contributed by atoms with Crippen LogP contribution >= 0.6 is 0 Å². The van der Waals surface area contributed by atoms with Crippen molar-refractivity contribution in [2.75, 3.05) is 18.0 Å². The van der Waals surface area contributed by atoms with Gasteiger partial charge in [0.05, 0.1) is 11.6 Å². The van der Waals surface area contributed by atoms with Crippen LogP contribution in [0.25, 0.3) is 44.5 Å². The van der Waals surface area contributed by atoms with Crippen molar-refractivity contribution in [1.82, 2.24) is 4.98 Å². The van der Waals surface area contributed by atoms with Gasteiger partial charge in [-0.2, -0.15) is 5.26 Å². The molecule has 0 bridgehead atoms. The van der Waals surface area contributed by atoms with Crippen molar-refractivity contribution < 1.29 is 4.42 Å². The molecule has 5 heteroatoms. The standard InChI is InChI=1S/C27H21N3O2.C4H8/c1-3-30(4-2)20-10-12-23-25(14-20)32-26-15-24(31)21-11-9-19(13-22(21)27(26)29-23)18-7-5-17(16-28)6-8-18;1-4(2)3/h5-15H,3-4H2,1-2H3;1H2,2-3H3. The molecule has 0 aromatic heterocycles. The molecule has 180 valence electrons. The zero-order valence-electron chi connectivity index (χ0n) is 21.1. The molecule has 0 atom stereocenters. The van der Waals surface area contributed by atoms with Crippen LogP contribution in [0, 0.1) is 11.3 Å². The highest BCUT2D eigenvalue weighted by Gasteiger charge is 2.17. The lowest BCUT2D eigenvalue weighted by atomic mass is 9.98. The topological polar surface area (TPSA) is 70.1 Å². The van der Waals surface area contributed by atoms with Gasteiger partial charge in [-0.25, -0.2) is 4.98 Å². The van der Waals surface area contributed by atoms with Crippen molar-refractivity contribution in [2.24, 2.45) is 0 Å². The van der Waals surface area contributed by atoms with Crippen LogP contribution in [-0.2, 0) is 0 Å². The first-order valence-corrected chi connectivity index (χ1v) is 12.0. The molecule has 0 saturated heterocycles. The summed E-state index contributed by atoms with van der Waals surface area (Å²) in [5.41, 5.74) is 6.74. The minimum Gasteiger partial charge on any atom is -0.453 e. The van der Waals surface area contributed by atoms with Gasteiger partial charge in [0, 0.05) is 41.7 Å². The Morgan fingerprint density at radius 3 is 2.25 bits per heavy atom. The number of benzene rings is 4. The van der Waals surface area contributed by atoms with Gasteiger partial charge in [-0.1, -0.05) is 23.8 Å². The molecule has 0 spiro atoms. The van der Waals surface area contributed by atoms with Crippen LogP contribution in [-0.4, -0.2) is 18.1 Å². The minimum atomic E-state index is -0.0938. The summed E-state index contributed by atoms with van der Waals surface area (Å²) in [6, 6.07) is 22.8. The molecule has 0 unspecified atom stereocenters. The number of aromatic nitrogens is 1. The summed E-state index contributed by atoms with van der Waals surface area (Å²) in [5.74, 6) is 0.476. The summed E-state index contributed by atoms with van der Waals surface area (Å²) in [6.45, 7) is 13.5. The molecule has 2 aliphatic rings. The second-order valence-corrected chi connectivity index (χ2v) is 8.92. The van der Waals surface area contributed by atoms with E-state index >= 15 is 0 Å². The van der Waals surface area contributed by atoms with Crippen LogP contribution < -0.4 is 10.3 Å². The Hall–Kier alpha value is -4.43. The number of rotatable bonds is 4. The smallest absolute Gasteiger partial charge is 0.190 e. The summed E-state index contributed by atoms with van der Waals surface area (Å²) in [6.07, 6.45) is 0. The molecule has 0 saturated carbocycles. The SMILES string of the molecule is C=C(C)C.CCN(CC)c1ccc2nc3c4cc(-c5ccc(C#N)cc5)ccc4c(=O)cc-3oc2c1. The molecule has 5 nitrogen and oxygen atoms in total. The van der Waals surface area contributed by atoms with Crippen LogP contribution in [0.4, 0.5) is 5.69 Å². The molecule has 0 fully saturated rings. The molecule has 3 aromatic rings. The predicted octanol–water partition coefficient (Wildman–Crippen LogP) is 7.41. The van der Waals surface area contributed by atoms with E-state index < -0.39 is 0 Å². The molecule has 1 heterocycles. The van der Waals surface area contributed by atoms with Gasteiger partial charge in [0.2, 0.25) is 0 Å². The average Bonchev–Trinajstić information content (AvgIpc) is 2.88. The fraction of sp³-hybridized carbons (Fsp3) is 0.194. The van der Waals surface area contributed by atoms with Crippen molar-refractivity contribution in [2.45, 2.75) is 27.7 Å². The fourth-order valence-corrected chi connectivity index (χ4v) is 4.16. The van der Waals surface area contributed by atoms with E-state index in [0.29, 0.717) is 28.0 Å². The molecule has 1 aliphatic carbocycles. The van der Waals surface area contributed by atoms with Crippen molar-refractivity contribution in [3.8, 4) is 28.7 Å². The number of nitrogens with zero attached hydrogens (tertiary/aromatic N) is 3. The van der Waals surface area contributed by atoms with Crippen LogP contribution in [0.3, 0.4) is 0 Å². The summed E-state index contributed by atoms with van der Waals surface area (Å²) in [5, 5.41) is 10.4. The highest BCUT2D eigenvalue weighted by atomic mass is 16.3. The minimum absolute atomic E-state index is 0.0938. The predicted molar refractivity (Wildman–Crippen MR) is 149 cm³/mol. The van der Waals surface area contributed by atoms with Gasteiger partial charge in [-0.15, -0.1) is 6.58 Å². The maximum Gasteiger partial charge on any atom is 0.190 e. The van der Waals surface area contributed by atoms with Crippen LogP contribution in [0.5, 0.6) is 0 Å². The van der Waals surface area contributed by atoms with Crippen molar-refractivity contribution in [3.63, 3.8) is 0 Å². The van der Waals surface area contributed by atoms with E-state index in [9.17, 15) is 4.79 Å². The van der Waals surface area contributed by atoms with E-state index in [1.807, 2.05) is 56.3 Å². The van der Waals surface area contributed by atoms with E-state index in [-0.39, 0.29) is 5.43 Å². The Balaban J connectivity index is 0.000000709. The highest BCUT2D eigenvalue weighted by molar-refractivity contribution is 5.99. The number of fused-ring (bicyclic) bond motifs is 4. The number of nitriles is 1. The first-order chi connectivity index (χ1) is 17.3. The number of hydrogen-bond donors (Lipinski definition) is 0. The van der Waals surface area contributed by atoms with Crippen LogP contribution in [0.2, 0.25) is 0 Å². The van der Waals surface area contributed by atoms with Crippen molar-refractivity contribution >= 4 is 27.6 Å². The lowest BCUT2D eigenvalue weighted by Gasteiger charge is -2.21. The second kappa shape index (κ2) is 10.5. The number of anilines is 1. The normalized spacial score (nSPS) is 10.6. The lowest BCUT2D eigenvalue weighted by molar-refractivity contribution is 0.613. The number of allylic oxidation sites excluding steroid dienone is 1. The lowest BCUT2D eigenvalue weighted by Crippen LogP contribution is -2.21. The third kappa shape index (κ3) is 4.99. The Morgan fingerprint density at radius 1 is 0.944 bits per heavy atom. The maximum atomic E-state index is 12.8. The highest BCUT2D eigenvalue weighted by Crippen LogP contribution is 2.34. The molecule has 0 radical (unpaired) electrons. The van der Waals surface area contributed by atoms with E-state index in [2.05, 4.69) is 37.5 Å². The Morgan fingerprint density at radius 2 is 1.61 bits per heavy atom. The van der Waals surface area contributed by atoms with E-state index in [0.717, 1.165) is 40.8 Å². The summed E-state index contributed by atoms with van der Waals surface area (Å²) in [7, 11) is 0. The summed E-state index contributed by atoms with van der Waals surface area (Å²) in [4.78, 5) is 19.9. The Labute approximate surface area is 211 Å². The molecule has 36 heavy (non-hydrogen) atoms. The number of hydrogen-bond acceptors (Lipinski definition) is 5. The van der Waals surface area contributed by atoms with Crippen LogP contribution in [0.15, 0.2) is 88.1 Å². The van der Waals surface area contributed by atoms with E-state index in [1.54, 1.807) is 12.1 Å². The van der Waals surface area contributed by atoms with Crippen molar-refractivity contribution in [1.29, 1.82) is 5.26 Å². The summed E-state index contributed by atoms with van der Waals surface area (Å²) < 4.78 is 6.17. The summed E-state index contributed by atoms with van der Waals surface area (Å²) >= 11 is 0. The third-order valence-electron chi connectivity index (χ3n) is 5.91. The molecule has 1 aliphatic heterocycles. The first-order valence-electron chi connectivity index (χ1n) is 12.0. The molecule has 0 amide bonds. The first kappa shape index (κ1) is 24.7. The third-order valence-corrected chi connectivity index (χ3v) is 5.91. The average molecular weight is 476 g/mol. The molecular weight excluding hydrogens is 446 g/mol. The zero-order chi connectivity index (χ0) is 25.8. The molecule has 5 rings (SSSR count). The Kier molecular flexibility index (Phi) is 7.17. The zero-order valence-corrected chi connectivity index (χ0v) is 21.1. The van der Waals surface area contributed by atoms with Gasteiger partial charge in [-0.05, 0) is 75.2 Å². The largest absolute Gasteiger partial charge is 0.453 e. The Bertz CT molecular complexity index is 1620. The van der Waals surface area contributed by atoms with Gasteiger partial charge in [0.25, 0.3) is 0 Å². The molecule has 3 aromatic carbocycles. The molecule has 0 N–H and O–H groups in total. The second-order valence-electron chi connectivity index (χ2n) is 8.92. The molecular formula is C31H29N3O2. The maximum absolute atomic E-state index is 12.8. The van der Waals surface area contributed by atoms with Gasteiger partial charge in [0.1, 0.15) is 11.2 Å². The van der Waals surface area contributed by atoms with E-state index in [1.165, 1.54) is 11.6 Å².